The van der Waals surface area contributed by atoms with E-state index >= 15 is 0 Å². The molecule has 0 fully saturated rings. The highest BCUT2D eigenvalue weighted by Crippen LogP contribution is 2.30. The second-order valence-corrected chi connectivity index (χ2v) is 5.68. The molecule has 1 aromatic carbocycles. The van der Waals surface area contributed by atoms with E-state index in [2.05, 4.69) is 53.2 Å². The number of hydrogen-bond acceptors (Lipinski definition) is 3. The van der Waals surface area contributed by atoms with E-state index in [1.807, 2.05) is 6.20 Å². The lowest BCUT2D eigenvalue weighted by atomic mass is 9.93. The summed E-state index contributed by atoms with van der Waals surface area (Å²) in [5, 5.41) is 0. The largest absolute Gasteiger partial charge is 0.367 e. The van der Waals surface area contributed by atoms with Crippen LogP contribution in [0.1, 0.15) is 23.7 Å². The van der Waals surface area contributed by atoms with Gasteiger partial charge in [0.15, 0.2) is 0 Å². The van der Waals surface area contributed by atoms with E-state index in [1.54, 1.807) is 0 Å². The molecule has 0 saturated carbocycles. The molecule has 1 atom stereocenters. The molecule has 3 nitrogen and oxygen atoms in total. The quantitative estimate of drug-likeness (QED) is 0.929. The van der Waals surface area contributed by atoms with Gasteiger partial charge in [0.2, 0.25) is 0 Å². The summed E-state index contributed by atoms with van der Waals surface area (Å²) in [7, 11) is 0. The molecule has 3 heteroatoms. The lowest BCUT2D eigenvalue weighted by Crippen LogP contribution is -2.33. The monoisotopic (exact) mass is 267 g/mol. The normalized spacial score (nSPS) is 17.9. The van der Waals surface area contributed by atoms with Gasteiger partial charge in [-0.15, -0.1) is 0 Å². The van der Waals surface area contributed by atoms with Gasteiger partial charge in [-0.3, -0.25) is 4.98 Å². The minimum Gasteiger partial charge on any atom is -0.367 e. The van der Waals surface area contributed by atoms with Gasteiger partial charge in [0.1, 0.15) is 0 Å². The van der Waals surface area contributed by atoms with Crippen LogP contribution in [-0.4, -0.2) is 11.5 Å². The SMILES string of the molecule is CC1Cc2ccccc2N(Cc2ccnc(CN)c2)C1. The Kier molecular flexibility index (Phi) is 3.70. The molecule has 0 aliphatic carbocycles. The van der Waals surface area contributed by atoms with Crippen LogP contribution in [0.4, 0.5) is 5.69 Å². The fourth-order valence-corrected chi connectivity index (χ4v) is 3.01. The van der Waals surface area contributed by atoms with Crippen molar-refractivity contribution < 1.29 is 0 Å². The number of anilines is 1. The van der Waals surface area contributed by atoms with Crippen LogP contribution in [0.2, 0.25) is 0 Å². The standard InChI is InChI=1S/C17H21N3/c1-13-8-15-4-2-3-5-17(15)20(11-13)12-14-6-7-19-16(9-14)10-18/h2-7,9,13H,8,10-12,18H2,1H3. The van der Waals surface area contributed by atoms with E-state index in [9.17, 15) is 0 Å². The Morgan fingerprint density at radius 1 is 1.30 bits per heavy atom. The first kappa shape index (κ1) is 13.1. The Labute approximate surface area is 120 Å². The lowest BCUT2D eigenvalue weighted by molar-refractivity contribution is 0.530. The predicted octanol–water partition coefficient (Wildman–Crippen LogP) is 2.74. The van der Waals surface area contributed by atoms with Crippen molar-refractivity contribution in [3.63, 3.8) is 0 Å². The Morgan fingerprint density at radius 3 is 3.00 bits per heavy atom. The van der Waals surface area contributed by atoms with Crippen LogP contribution in [0, 0.1) is 5.92 Å². The lowest BCUT2D eigenvalue weighted by Gasteiger charge is -2.35. The summed E-state index contributed by atoms with van der Waals surface area (Å²) >= 11 is 0. The zero-order valence-corrected chi connectivity index (χ0v) is 11.9. The number of hydrogen-bond donors (Lipinski definition) is 1. The second kappa shape index (κ2) is 5.63. The second-order valence-electron chi connectivity index (χ2n) is 5.68. The molecule has 0 radical (unpaired) electrons. The molecular weight excluding hydrogens is 246 g/mol. The van der Waals surface area contributed by atoms with Gasteiger partial charge >= 0.3 is 0 Å². The molecule has 2 heterocycles. The molecule has 0 spiro atoms. The Hall–Kier alpha value is -1.87. The van der Waals surface area contributed by atoms with Crippen LogP contribution in [0.15, 0.2) is 42.6 Å². The molecular formula is C17H21N3. The van der Waals surface area contributed by atoms with E-state index in [0.717, 1.165) is 18.8 Å². The van der Waals surface area contributed by atoms with Crippen LogP contribution in [0.3, 0.4) is 0 Å². The fraction of sp³-hybridized carbons (Fsp3) is 0.353. The number of pyridine rings is 1. The molecule has 1 aliphatic rings. The molecule has 1 unspecified atom stereocenters. The summed E-state index contributed by atoms with van der Waals surface area (Å²) in [4.78, 5) is 6.74. The van der Waals surface area contributed by atoms with Gasteiger partial charge in [0.05, 0.1) is 5.69 Å². The van der Waals surface area contributed by atoms with Gasteiger partial charge in [0.25, 0.3) is 0 Å². The number of rotatable bonds is 3. The minimum absolute atomic E-state index is 0.501. The van der Waals surface area contributed by atoms with Crippen LogP contribution in [-0.2, 0) is 19.5 Å². The van der Waals surface area contributed by atoms with E-state index in [1.165, 1.54) is 23.2 Å². The van der Waals surface area contributed by atoms with Gasteiger partial charge in [-0.05, 0) is 41.7 Å². The van der Waals surface area contributed by atoms with Gasteiger partial charge < -0.3 is 10.6 Å². The van der Waals surface area contributed by atoms with E-state index in [-0.39, 0.29) is 0 Å². The average Bonchev–Trinajstić information content (AvgIpc) is 2.47. The van der Waals surface area contributed by atoms with Gasteiger partial charge in [0, 0.05) is 31.5 Å². The molecule has 2 aromatic rings. The zero-order chi connectivity index (χ0) is 13.9. The molecule has 2 N–H and O–H groups in total. The van der Waals surface area contributed by atoms with Crippen LogP contribution in [0.25, 0.3) is 0 Å². The van der Waals surface area contributed by atoms with Crippen LogP contribution >= 0.6 is 0 Å². The molecule has 0 saturated heterocycles. The number of nitrogens with two attached hydrogens (primary N) is 1. The van der Waals surface area contributed by atoms with E-state index in [4.69, 9.17) is 5.73 Å². The number of fused-ring (bicyclic) bond motifs is 1. The van der Waals surface area contributed by atoms with Crippen molar-refractivity contribution in [3.05, 3.63) is 59.4 Å². The maximum absolute atomic E-state index is 5.67. The maximum atomic E-state index is 5.67. The van der Waals surface area contributed by atoms with Crippen molar-refractivity contribution in [2.75, 3.05) is 11.4 Å². The zero-order valence-electron chi connectivity index (χ0n) is 11.9. The Balaban J connectivity index is 1.87. The molecule has 104 valence electrons. The summed E-state index contributed by atoms with van der Waals surface area (Å²) in [6.07, 6.45) is 3.04. The molecule has 1 aliphatic heterocycles. The number of nitrogens with zero attached hydrogens (tertiary/aromatic N) is 2. The molecule has 20 heavy (non-hydrogen) atoms. The first-order chi connectivity index (χ1) is 9.76. The third kappa shape index (κ3) is 2.68. The molecule has 1 aromatic heterocycles. The highest BCUT2D eigenvalue weighted by Gasteiger charge is 2.21. The van der Waals surface area contributed by atoms with Gasteiger partial charge in [-0.25, -0.2) is 0 Å². The highest BCUT2D eigenvalue weighted by atomic mass is 15.1. The fourth-order valence-electron chi connectivity index (χ4n) is 3.01. The van der Waals surface area contributed by atoms with Crippen molar-refractivity contribution in [1.29, 1.82) is 0 Å². The first-order valence-corrected chi connectivity index (χ1v) is 7.23. The summed E-state index contributed by atoms with van der Waals surface area (Å²) in [5.74, 6) is 0.695. The molecule has 0 amide bonds. The van der Waals surface area contributed by atoms with E-state index < -0.39 is 0 Å². The topological polar surface area (TPSA) is 42.2 Å². The minimum atomic E-state index is 0.501. The first-order valence-electron chi connectivity index (χ1n) is 7.23. The number of benzene rings is 1. The smallest absolute Gasteiger partial charge is 0.0542 e. The van der Waals surface area contributed by atoms with Crippen LogP contribution < -0.4 is 10.6 Å². The van der Waals surface area contributed by atoms with Crippen molar-refractivity contribution in [3.8, 4) is 0 Å². The number of aromatic nitrogens is 1. The third-order valence-corrected chi connectivity index (χ3v) is 3.90. The van der Waals surface area contributed by atoms with Crippen molar-refractivity contribution in [2.24, 2.45) is 11.7 Å². The Morgan fingerprint density at radius 2 is 2.15 bits per heavy atom. The van der Waals surface area contributed by atoms with Crippen molar-refractivity contribution >= 4 is 5.69 Å². The third-order valence-electron chi connectivity index (χ3n) is 3.90. The Bertz CT molecular complexity index is 594. The van der Waals surface area contributed by atoms with Gasteiger partial charge in [-0.2, -0.15) is 0 Å². The van der Waals surface area contributed by atoms with Crippen molar-refractivity contribution in [1.82, 2.24) is 4.98 Å². The van der Waals surface area contributed by atoms with E-state index in [0.29, 0.717) is 12.5 Å². The summed E-state index contributed by atoms with van der Waals surface area (Å²) in [6, 6.07) is 12.9. The maximum Gasteiger partial charge on any atom is 0.0542 e. The summed E-state index contributed by atoms with van der Waals surface area (Å²) < 4.78 is 0. The average molecular weight is 267 g/mol. The van der Waals surface area contributed by atoms with Crippen LogP contribution in [0.5, 0.6) is 0 Å². The molecule has 0 bridgehead atoms. The van der Waals surface area contributed by atoms with Gasteiger partial charge in [-0.1, -0.05) is 25.1 Å². The highest BCUT2D eigenvalue weighted by molar-refractivity contribution is 5.56. The van der Waals surface area contributed by atoms with Crippen molar-refractivity contribution in [2.45, 2.75) is 26.4 Å². The number of para-hydroxylation sites is 1. The predicted molar refractivity (Wildman–Crippen MR) is 82.5 cm³/mol. The summed E-state index contributed by atoms with van der Waals surface area (Å²) in [6.45, 7) is 4.86. The molecule has 3 rings (SSSR count). The summed E-state index contributed by atoms with van der Waals surface area (Å²) in [5.41, 5.74) is 10.7.